The second-order valence-electron chi connectivity index (χ2n) is 6.43. The zero-order valence-corrected chi connectivity index (χ0v) is 18.6. The minimum atomic E-state index is -0.250. The molecule has 1 aliphatic heterocycles. The summed E-state index contributed by atoms with van der Waals surface area (Å²) in [5.41, 5.74) is 3.22. The van der Waals surface area contributed by atoms with Crippen molar-refractivity contribution in [3.05, 3.63) is 60.7 Å². The highest BCUT2D eigenvalue weighted by Gasteiger charge is 2.30. The van der Waals surface area contributed by atoms with Crippen LogP contribution in [0.15, 0.2) is 44.7 Å². The van der Waals surface area contributed by atoms with Gasteiger partial charge in [0.05, 0.1) is 22.4 Å². The molecule has 0 fully saturated rings. The van der Waals surface area contributed by atoms with Crippen LogP contribution in [0.4, 0.5) is 5.69 Å². The summed E-state index contributed by atoms with van der Waals surface area (Å²) in [6.45, 7) is 3.87. The van der Waals surface area contributed by atoms with E-state index in [9.17, 15) is 14.9 Å². The van der Waals surface area contributed by atoms with E-state index in [1.165, 1.54) is 23.1 Å². The van der Waals surface area contributed by atoms with Gasteiger partial charge in [-0.05, 0) is 48.6 Å². The fourth-order valence-electron chi connectivity index (χ4n) is 3.09. The minimum absolute atomic E-state index is 0.104. The van der Waals surface area contributed by atoms with Gasteiger partial charge in [0.2, 0.25) is 11.8 Å². The summed E-state index contributed by atoms with van der Waals surface area (Å²) >= 11 is 6.16. The lowest BCUT2D eigenvalue weighted by Crippen LogP contribution is -2.31. The topological polar surface area (TPSA) is 82.0 Å². The molecule has 0 saturated heterocycles. The standard InChI is InChI=1S/C20H18BrN3O2S2/c1-11-6-13(21)7-12(2)19(11)23-18(26)10-28-20-15(9-22)14(8-17(25)24-20)16-4-3-5-27-16/h3-7,14H,8,10H2,1-2H3,(H,23,26)(H,24,25)/t14-/m0/s1. The Labute approximate surface area is 180 Å². The summed E-state index contributed by atoms with van der Waals surface area (Å²) in [7, 11) is 0. The number of thioether (sulfide) groups is 1. The summed E-state index contributed by atoms with van der Waals surface area (Å²) in [6.07, 6.45) is 0.247. The molecule has 2 heterocycles. The van der Waals surface area contributed by atoms with E-state index in [1.807, 2.05) is 43.5 Å². The molecule has 0 unspecified atom stereocenters. The van der Waals surface area contributed by atoms with Crippen molar-refractivity contribution in [2.24, 2.45) is 0 Å². The van der Waals surface area contributed by atoms with Gasteiger partial charge in [0, 0.05) is 27.4 Å². The number of nitrogens with zero attached hydrogens (tertiary/aromatic N) is 1. The van der Waals surface area contributed by atoms with Crippen molar-refractivity contribution in [1.82, 2.24) is 5.32 Å². The molecule has 2 aromatic rings. The lowest BCUT2D eigenvalue weighted by atomic mass is 9.93. The lowest BCUT2D eigenvalue weighted by molar-refractivity contribution is -0.121. The third kappa shape index (κ3) is 4.66. The molecule has 0 bridgehead atoms. The number of amides is 2. The number of anilines is 1. The zero-order chi connectivity index (χ0) is 20.3. The van der Waals surface area contributed by atoms with E-state index >= 15 is 0 Å². The average Bonchev–Trinajstić information content (AvgIpc) is 3.17. The fraction of sp³-hybridized carbons (Fsp3) is 0.250. The summed E-state index contributed by atoms with van der Waals surface area (Å²) in [6, 6.07) is 9.95. The first-order valence-electron chi connectivity index (χ1n) is 8.56. The largest absolute Gasteiger partial charge is 0.325 e. The minimum Gasteiger partial charge on any atom is -0.325 e. The molecule has 2 amide bonds. The van der Waals surface area contributed by atoms with E-state index in [0.29, 0.717) is 10.6 Å². The molecule has 28 heavy (non-hydrogen) atoms. The zero-order valence-electron chi connectivity index (χ0n) is 15.3. The van der Waals surface area contributed by atoms with Gasteiger partial charge in [-0.1, -0.05) is 33.8 Å². The highest BCUT2D eigenvalue weighted by atomic mass is 79.9. The molecular weight excluding hydrogens is 458 g/mol. The summed E-state index contributed by atoms with van der Waals surface area (Å²) < 4.78 is 0.961. The number of benzene rings is 1. The van der Waals surface area contributed by atoms with Crippen LogP contribution >= 0.6 is 39.0 Å². The van der Waals surface area contributed by atoms with Crippen LogP contribution in [0.1, 0.15) is 28.3 Å². The number of carbonyl (C=O) groups excluding carboxylic acids is 2. The van der Waals surface area contributed by atoms with Crippen molar-refractivity contribution in [3.8, 4) is 6.07 Å². The number of nitrogens with one attached hydrogen (secondary N) is 2. The molecule has 1 atom stereocenters. The van der Waals surface area contributed by atoms with Crippen LogP contribution in [0.5, 0.6) is 0 Å². The Morgan fingerprint density at radius 2 is 2.14 bits per heavy atom. The Bertz CT molecular complexity index is 970. The molecule has 0 saturated carbocycles. The maximum absolute atomic E-state index is 12.5. The first-order valence-corrected chi connectivity index (χ1v) is 11.2. The maximum atomic E-state index is 12.5. The Balaban J connectivity index is 1.74. The maximum Gasteiger partial charge on any atom is 0.234 e. The number of allylic oxidation sites excluding steroid dienone is 1. The van der Waals surface area contributed by atoms with Gasteiger partial charge in [0.1, 0.15) is 0 Å². The van der Waals surface area contributed by atoms with E-state index in [2.05, 4.69) is 32.6 Å². The molecule has 0 radical (unpaired) electrons. The van der Waals surface area contributed by atoms with Crippen LogP contribution in [0.2, 0.25) is 0 Å². The van der Waals surface area contributed by atoms with Gasteiger partial charge in [-0.3, -0.25) is 9.59 Å². The number of hydrogen-bond donors (Lipinski definition) is 2. The predicted molar refractivity (Wildman–Crippen MR) is 117 cm³/mol. The van der Waals surface area contributed by atoms with Crippen LogP contribution in [-0.4, -0.2) is 17.6 Å². The molecule has 1 aromatic carbocycles. The van der Waals surface area contributed by atoms with Crippen LogP contribution in [0, 0.1) is 25.2 Å². The predicted octanol–water partition coefficient (Wildman–Crippen LogP) is 4.84. The van der Waals surface area contributed by atoms with Crippen LogP contribution < -0.4 is 10.6 Å². The van der Waals surface area contributed by atoms with E-state index in [-0.39, 0.29) is 29.9 Å². The van der Waals surface area contributed by atoms with Crippen molar-refractivity contribution in [3.63, 3.8) is 0 Å². The number of halogens is 1. The number of hydrogen-bond acceptors (Lipinski definition) is 5. The van der Waals surface area contributed by atoms with Crippen molar-refractivity contribution in [1.29, 1.82) is 5.26 Å². The van der Waals surface area contributed by atoms with Crippen molar-refractivity contribution in [2.75, 3.05) is 11.1 Å². The van der Waals surface area contributed by atoms with Gasteiger partial charge in [-0.25, -0.2) is 0 Å². The molecule has 0 spiro atoms. The molecule has 1 aliphatic rings. The number of rotatable bonds is 5. The quantitative estimate of drug-likeness (QED) is 0.647. The van der Waals surface area contributed by atoms with Crippen LogP contribution in [-0.2, 0) is 9.59 Å². The SMILES string of the molecule is Cc1cc(Br)cc(C)c1NC(=O)CSC1=C(C#N)[C@@H](c2cccs2)CC(=O)N1. The molecule has 144 valence electrons. The average molecular weight is 476 g/mol. The van der Waals surface area contributed by atoms with Gasteiger partial charge < -0.3 is 10.6 Å². The highest BCUT2D eigenvalue weighted by molar-refractivity contribution is 9.10. The Kier molecular flexibility index (Phi) is 6.60. The highest BCUT2D eigenvalue weighted by Crippen LogP contribution is 2.37. The second kappa shape index (κ2) is 8.95. The van der Waals surface area contributed by atoms with Gasteiger partial charge in [-0.15, -0.1) is 11.3 Å². The van der Waals surface area contributed by atoms with Crippen molar-refractivity contribution < 1.29 is 9.59 Å². The number of thiophene rings is 1. The second-order valence-corrected chi connectivity index (χ2v) is 9.31. The van der Waals surface area contributed by atoms with Gasteiger partial charge in [0.25, 0.3) is 0 Å². The van der Waals surface area contributed by atoms with Gasteiger partial charge in [0.15, 0.2) is 0 Å². The fourth-order valence-corrected chi connectivity index (χ4v) is 5.49. The van der Waals surface area contributed by atoms with Gasteiger partial charge >= 0.3 is 0 Å². The summed E-state index contributed by atoms with van der Waals surface area (Å²) in [5, 5.41) is 17.7. The number of aryl methyl sites for hydroxylation is 2. The normalized spacial score (nSPS) is 16.5. The Morgan fingerprint density at radius 1 is 1.43 bits per heavy atom. The van der Waals surface area contributed by atoms with E-state index in [1.54, 1.807) is 0 Å². The lowest BCUT2D eigenvalue weighted by Gasteiger charge is -2.24. The molecule has 1 aromatic heterocycles. The Morgan fingerprint density at radius 3 is 2.75 bits per heavy atom. The van der Waals surface area contributed by atoms with Crippen molar-refractivity contribution >= 4 is 56.5 Å². The van der Waals surface area contributed by atoms with Gasteiger partial charge in [-0.2, -0.15) is 5.26 Å². The van der Waals surface area contributed by atoms with E-state index in [4.69, 9.17) is 0 Å². The smallest absolute Gasteiger partial charge is 0.234 e. The molecule has 2 N–H and O–H groups in total. The van der Waals surface area contributed by atoms with E-state index < -0.39 is 0 Å². The molecule has 3 rings (SSSR count). The summed E-state index contributed by atoms with van der Waals surface area (Å²) in [5.74, 6) is -0.469. The third-order valence-corrected chi connectivity index (χ3v) is 6.81. The third-order valence-electron chi connectivity index (χ3n) is 4.35. The number of carbonyl (C=O) groups is 2. The first-order chi connectivity index (χ1) is 13.4. The van der Waals surface area contributed by atoms with E-state index in [0.717, 1.165) is 26.2 Å². The monoisotopic (exact) mass is 475 g/mol. The Hall–Kier alpha value is -2.08. The molecule has 0 aliphatic carbocycles. The van der Waals surface area contributed by atoms with Crippen molar-refractivity contribution in [2.45, 2.75) is 26.2 Å². The molecular formula is C20H18BrN3O2S2. The molecule has 8 heteroatoms. The van der Waals surface area contributed by atoms with Crippen LogP contribution in [0.25, 0.3) is 0 Å². The summed E-state index contributed by atoms with van der Waals surface area (Å²) in [4.78, 5) is 25.6. The first kappa shape index (κ1) is 20.6. The van der Waals surface area contributed by atoms with Crippen LogP contribution in [0.3, 0.4) is 0 Å². The molecule has 5 nitrogen and oxygen atoms in total. The number of nitriles is 1.